The third-order valence-electron chi connectivity index (χ3n) is 2.55. The summed E-state index contributed by atoms with van der Waals surface area (Å²) in [5.41, 5.74) is 6.00. The standard InChI is InChI=1S/C11H12N4O4S/c12-9-3-1-2-4-10(9)15(7-11(16)17)20(18,19)8-5-13-14-6-8/h1-6H,7,12H2,(H,13,14)(H,16,17). The molecule has 2 aromatic rings. The van der Waals surface area contributed by atoms with E-state index in [0.29, 0.717) is 0 Å². The lowest BCUT2D eigenvalue weighted by Gasteiger charge is -2.23. The summed E-state index contributed by atoms with van der Waals surface area (Å²) in [4.78, 5) is 10.8. The number of nitrogens with zero attached hydrogens (tertiary/aromatic N) is 2. The zero-order chi connectivity index (χ0) is 14.8. The van der Waals surface area contributed by atoms with E-state index < -0.39 is 22.5 Å². The summed E-state index contributed by atoms with van der Waals surface area (Å²) in [6.07, 6.45) is 2.27. The molecule has 0 fully saturated rings. The first-order valence-electron chi connectivity index (χ1n) is 5.51. The predicted octanol–water partition coefficient (Wildman–Crippen LogP) is 0.272. The molecule has 106 valence electrons. The number of aromatic nitrogens is 2. The van der Waals surface area contributed by atoms with Crippen molar-refractivity contribution in [2.45, 2.75) is 4.90 Å². The van der Waals surface area contributed by atoms with Gasteiger partial charge in [-0.05, 0) is 12.1 Å². The SMILES string of the molecule is Nc1ccccc1N(CC(=O)O)S(=O)(=O)c1cn[nH]c1. The van der Waals surface area contributed by atoms with E-state index in [1.165, 1.54) is 18.3 Å². The zero-order valence-corrected chi connectivity index (χ0v) is 11.0. The number of para-hydroxylation sites is 2. The minimum Gasteiger partial charge on any atom is -0.480 e. The van der Waals surface area contributed by atoms with E-state index in [1.54, 1.807) is 12.1 Å². The molecule has 0 saturated heterocycles. The maximum Gasteiger partial charge on any atom is 0.324 e. The van der Waals surface area contributed by atoms with Gasteiger partial charge in [-0.15, -0.1) is 0 Å². The summed E-state index contributed by atoms with van der Waals surface area (Å²) in [5.74, 6) is -1.29. The summed E-state index contributed by atoms with van der Waals surface area (Å²) in [5, 5.41) is 14.9. The van der Waals surface area contributed by atoms with Gasteiger partial charge in [0.1, 0.15) is 11.4 Å². The lowest BCUT2D eigenvalue weighted by molar-refractivity contribution is -0.135. The highest BCUT2D eigenvalue weighted by atomic mass is 32.2. The van der Waals surface area contributed by atoms with Gasteiger partial charge in [0, 0.05) is 6.20 Å². The highest BCUT2D eigenvalue weighted by Crippen LogP contribution is 2.27. The number of hydrogen-bond acceptors (Lipinski definition) is 5. The second-order valence-corrected chi connectivity index (χ2v) is 5.76. The lowest BCUT2D eigenvalue weighted by atomic mass is 10.3. The van der Waals surface area contributed by atoms with Crippen molar-refractivity contribution in [2.24, 2.45) is 0 Å². The number of hydrogen-bond donors (Lipinski definition) is 3. The zero-order valence-electron chi connectivity index (χ0n) is 10.2. The van der Waals surface area contributed by atoms with Crippen LogP contribution in [0.1, 0.15) is 0 Å². The smallest absolute Gasteiger partial charge is 0.324 e. The van der Waals surface area contributed by atoms with Gasteiger partial charge in [-0.3, -0.25) is 14.2 Å². The van der Waals surface area contributed by atoms with E-state index in [1.807, 2.05) is 0 Å². The first-order chi connectivity index (χ1) is 9.43. The highest BCUT2D eigenvalue weighted by molar-refractivity contribution is 7.92. The summed E-state index contributed by atoms with van der Waals surface area (Å²) in [7, 11) is -4.05. The van der Waals surface area contributed by atoms with Crippen LogP contribution in [0.3, 0.4) is 0 Å². The fourth-order valence-electron chi connectivity index (χ4n) is 1.64. The number of nitrogen functional groups attached to an aromatic ring is 1. The number of aromatic amines is 1. The Morgan fingerprint density at radius 3 is 2.65 bits per heavy atom. The Hall–Kier alpha value is -2.55. The molecule has 0 radical (unpaired) electrons. The van der Waals surface area contributed by atoms with Gasteiger partial charge in [0.25, 0.3) is 10.0 Å². The van der Waals surface area contributed by atoms with Crippen molar-refractivity contribution in [3.63, 3.8) is 0 Å². The topological polar surface area (TPSA) is 129 Å². The summed E-state index contributed by atoms with van der Waals surface area (Å²) >= 11 is 0. The van der Waals surface area contributed by atoms with Crippen LogP contribution >= 0.6 is 0 Å². The van der Waals surface area contributed by atoms with Crippen molar-refractivity contribution in [1.82, 2.24) is 10.2 Å². The number of aliphatic carboxylic acids is 1. The molecule has 0 aliphatic heterocycles. The number of carboxylic acid groups (broad SMARTS) is 1. The molecule has 2 rings (SSSR count). The largest absolute Gasteiger partial charge is 0.480 e. The number of nitrogens with two attached hydrogens (primary N) is 1. The lowest BCUT2D eigenvalue weighted by Crippen LogP contribution is -2.36. The Balaban J connectivity index is 2.55. The quantitative estimate of drug-likeness (QED) is 0.679. The molecule has 20 heavy (non-hydrogen) atoms. The van der Waals surface area contributed by atoms with Crippen molar-refractivity contribution in [2.75, 3.05) is 16.6 Å². The van der Waals surface area contributed by atoms with Crippen molar-refractivity contribution < 1.29 is 18.3 Å². The maximum atomic E-state index is 12.4. The fourth-order valence-corrected chi connectivity index (χ4v) is 2.99. The van der Waals surface area contributed by atoms with Crippen molar-refractivity contribution >= 4 is 27.4 Å². The number of sulfonamides is 1. The molecule has 1 aromatic heterocycles. The van der Waals surface area contributed by atoms with Crippen molar-refractivity contribution in [3.8, 4) is 0 Å². The van der Waals surface area contributed by atoms with Gasteiger partial charge in [0.15, 0.2) is 0 Å². The predicted molar refractivity (Wildman–Crippen MR) is 71.6 cm³/mol. The molecule has 0 aliphatic carbocycles. The van der Waals surface area contributed by atoms with E-state index in [-0.39, 0.29) is 16.3 Å². The molecule has 0 unspecified atom stereocenters. The third-order valence-corrected chi connectivity index (χ3v) is 4.27. The first kappa shape index (κ1) is 13.9. The van der Waals surface area contributed by atoms with Crippen molar-refractivity contribution in [3.05, 3.63) is 36.7 Å². The Morgan fingerprint density at radius 1 is 1.40 bits per heavy atom. The van der Waals surface area contributed by atoms with E-state index in [4.69, 9.17) is 10.8 Å². The number of carboxylic acids is 1. The maximum absolute atomic E-state index is 12.4. The van der Waals surface area contributed by atoms with E-state index in [0.717, 1.165) is 10.5 Å². The van der Waals surface area contributed by atoms with Gasteiger partial charge in [0.2, 0.25) is 0 Å². The molecule has 0 saturated carbocycles. The molecular weight excluding hydrogens is 284 g/mol. The first-order valence-corrected chi connectivity index (χ1v) is 6.95. The molecule has 1 heterocycles. The second-order valence-electron chi connectivity index (χ2n) is 3.90. The number of benzene rings is 1. The van der Waals surface area contributed by atoms with Crippen LogP contribution in [-0.2, 0) is 14.8 Å². The molecule has 1 aromatic carbocycles. The Morgan fingerprint density at radius 2 is 2.10 bits per heavy atom. The van der Waals surface area contributed by atoms with E-state index in [9.17, 15) is 13.2 Å². The molecule has 0 aliphatic rings. The molecular formula is C11H12N4O4S. The van der Waals surface area contributed by atoms with Crippen LogP contribution in [-0.4, -0.2) is 36.2 Å². The van der Waals surface area contributed by atoms with Gasteiger partial charge < -0.3 is 10.8 Å². The number of H-pyrrole nitrogens is 1. The van der Waals surface area contributed by atoms with Crippen LogP contribution in [0, 0.1) is 0 Å². The minimum atomic E-state index is -4.05. The number of carbonyl (C=O) groups is 1. The molecule has 4 N–H and O–H groups in total. The van der Waals surface area contributed by atoms with E-state index in [2.05, 4.69) is 10.2 Å². The van der Waals surface area contributed by atoms with Crippen LogP contribution in [0.25, 0.3) is 0 Å². The van der Waals surface area contributed by atoms with Crippen LogP contribution in [0.5, 0.6) is 0 Å². The van der Waals surface area contributed by atoms with Gasteiger partial charge in [-0.25, -0.2) is 8.42 Å². The molecule has 0 spiro atoms. The minimum absolute atomic E-state index is 0.108. The Bertz CT molecular complexity index is 712. The Labute approximate surface area is 114 Å². The average molecular weight is 296 g/mol. The normalized spacial score (nSPS) is 11.2. The summed E-state index contributed by atoms with van der Waals surface area (Å²) in [6.45, 7) is -0.734. The molecule has 0 bridgehead atoms. The number of anilines is 2. The van der Waals surface area contributed by atoms with Crippen molar-refractivity contribution in [1.29, 1.82) is 0 Å². The second kappa shape index (κ2) is 5.21. The van der Waals surface area contributed by atoms with Gasteiger partial charge in [0.05, 0.1) is 17.6 Å². The molecule has 0 atom stereocenters. The molecule has 9 heteroatoms. The fraction of sp³-hybridized carbons (Fsp3) is 0.0909. The highest BCUT2D eigenvalue weighted by Gasteiger charge is 2.29. The summed E-state index contributed by atoms with van der Waals surface area (Å²) < 4.78 is 25.6. The number of nitrogens with one attached hydrogen (secondary N) is 1. The van der Waals surface area contributed by atoms with Crippen LogP contribution in [0.2, 0.25) is 0 Å². The Kier molecular flexibility index (Phi) is 3.61. The van der Waals surface area contributed by atoms with Crippen LogP contribution < -0.4 is 10.0 Å². The van der Waals surface area contributed by atoms with Crippen LogP contribution in [0.15, 0.2) is 41.6 Å². The van der Waals surface area contributed by atoms with E-state index >= 15 is 0 Å². The summed E-state index contributed by atoms with van der Waals surface area (Å²) in [6, 6.07) is 6.14. The molecule has 0 amide bonds. The average Bonchev–Trinajstić information content (AvgIpc) is 2.91. The van der Waals surface area contributed by atoms with Gasteiger partial charge in [-0.2, -0.15) is 5.10 Å². The molecule has 8 nitrogen and oxygen atoms in total. The van der Waals surface area contributed by atoms with Crippen LogP contribution in [0.4, 0.5) is 11.4 Å². The van der Waals surface area contributed by atoms with Gasteiger partial charge in [-0.1, -0.05) is 12.1 Å². The van der Waals surface area contributed by atoms with Gasteiger partial charge >= 0.3 is 5.97 Å². The monoisotopic (exact) mass is 296 g/mol. The third kappa shape index (κ3) is 2.57. The number of rotatable bonds is 5.